The normalized spacial score (nSPS) is 15.8. The van der Waals surface area contributed by atoms with Crippen molar-refractivity contribution in [2.24, 2.45) is 0 Å². The Morgan fingerprint density at radius 3 is 2.76 bits per heavy atom. The molecule has 0 spiro atoms. The number of hydrogen-bond acceptors (Lipinski definition) is 4. The second-order valence-corrected chi connectivity index (χ2v) is 5.66. The van der Waals surface area contributed by atoms with Crippen LogP contribution in [-0.2, 0) is 16.0 Å². The Balaban J connectivity index is 1.90. The number of aryl methyl sites for hydroxylation is 1. The number of hydrogen-bond donors (Lipinski definition) is 2. The molecule has 1 aliphatic rings. The van der Waals surface area contributed by atoms with E-state index in [1.165, 1.54) is 0 Å². The van der Waals surface area contributed by atoms with Crippen LogP contribution in [0.25, 0.3) is 0 Å². The van der Waals surface area contributed by atoms with Crippen molar-refractivity contribution < 1.29 is 14.3 Å². The van der Waals surface area contributed by atoms with Gasteiger partial charge in [-0.15, -0.1) is 0 Å². The van der Waals surface area contributed by atoms with Crippen LogP contribution in [0.1, 0.15) is 29.7 Å². The molecule has 25 heavy (non-hydrogen) atoms. The zero-order valence-corrected chi connectivity index (χ0v) is 13.7. The lowest BCUT2D eigenvalue weighted by Crippen LogP contribution is -2.37. The Labute approximate surface area is 145 Å². The molecule has 2 aromatic rings. The van der Waals surface area contributed by atoms with E-state index in [1.54, 1.807) is 30.3 Å². The van der Waals surface area contributed by atoms with Gasteiger partial charge in [0.25, 0.3) is 11.8 Å². The Morgan fingerprint density at radius 1 is 1.32 bits per heavy atom. The summed E-state index contributed by atoms with van der Waals surface area (Å²) in [6, 6.07) is 13.3. The number of benzene rings is 2. The standard InChI is InChI=1S/C19H17N3O3/c1-2-13-4-3-5-15-17(22-16(23)11-25-18(13)15)19(24)21-14-8-6-12(10-20)7-9-14/h3-9,17H,2,11H2,1H3,(H,21,24)(H,22,23). The molecule has 3 rings (SSSR count). The quantitative estimate of drug-likeness (QED) is 0.900. The molecule has 0 fully saturated rings. The summed E-state index contributed by atoms with van der Waals surface area (Å²) in [6.07, 6.45) is 0.737. The van der Waals surface area contributed by atoms with Crippen molar-refractivity contribution in [3.63, 3.8) is 0 Å². The minimum absolute atomic E-state index is 0.120. The lowest BCUT2D eigenvalue weighted by Gasteiger charge is -2.18. The number of nitriles is 1. The van der Waals surface area contributed by atoms with Gasteiger partial charge in [0.1, 0.15) is 11.8 Å². The molecule has 2 amide bonds. The van der Waals surface area contributed by atoms with Gasteiger partial charge in [0.15, 0.2) is 6.61 Å². The summed E-state index contributed by atoms with van der Waals surface area (Å²) in [5.41, 5.74) is 2.64. The van der Waals surface area contributed by atoms with Crippen LogP contribution >= 0.6 is 0 Å². The highest BCUT2D eigenvalue weighted by atomic mass is 16.5. The maximum absolute atomic E-state index is 12.7. The Morgan fingerprint density at radius 2 is 2.08 bits per heavy atom. The molecule has 1 atom stereocenters. The second kappa shape index (κ2) is 7.05. The summed E-state index contributed by atoms with van der Waals surface area (Å²) >= 11 is 0. The average Bonchev–Trinajstić information content (AvgIpc) is 2.81. The first-order valence-electron chi connectivity index (χ1n) is 7.97. The lowest BCUT2D eigenvalue weighted by molar-refractivity contribution is -0.127. The van der Waals surface area contributed by atoms with Crippen LogP contribution in [0.15, 0.2) is 42.5 Å². The van der Waals surface area contributed by atoms with Gasteiger partial charge in [-0.2, -0.15) is 5.26 Å². The summed E-state index contributed by atoms with van der Waals surface area (Å²) in [7, 11) is 0. The Bertz CT molecular complexity index is 853. The second-order valence-electron chi connectivity index (χ2n) is 5.66. The fraction of sp³-hybridized carbons (Fsp3) is 0.211. The van der Waals surface area contributed by atoms with Gasteiger partial charge in [-0.3, -0.25) is 9.59 Å². The first-order valence-corrected chi connectivity index (χ1v) is 7.97. The third-order valence-electron chi connectivity index (χ3n) is 4.02. The number of rotatable bonds is 3. The van der Waals surface area contributed by atoms with Gasteiger partial charge >= 0.3 is 0 Å². The van der Waals surface area contributed by atoms with Crippen LogP contribution in [0.3, 0.4) is 0 Å². The van der Waals surface area contributed by atoms with Gasteiger partial charge in [-0.1, -0.05) is 25.1 Å². The number of ether oxygens (including phenoxy) is 1. The molecular formula is C19H17N3O3. The molecule has 1 aliphatic heterocycles. The van der Waals surface area contributed by atoms with Gasteiger partial charge in [0.05, 0.1) is 11.6 Å². The summed E-state index contributed by atoms with van der Waals surface area (Å²) in [6.45, 7) is 1.87. The highest BCUT2D eigenvalue weighted by molar-refractivity contribution is 5.99. The van der Waals surface area contributed by atoms with E-state index in [-0.39, 0.29) is 18.4 Å². The topological polar surface area (TPSA) is 91.2 Å². The molecule has 126 valence electrons. The SMILES string of the molecule is CCc1cccc2c1OCC(=O)NC2C(=O)Nc1ccc(C#N)cc1. The molecule has 0 bridgehead atoms. The summed E-state index contributed by atoms with van der Waals surface area (Å²) in [4.78, 5) is 24.7. The summed E-state index contributed by atoms with van der Waals surface area (Å²) in [5, 5.41) is 14.3. The van der Waals surface area contributed by atoms with Crippen LogP contribution in [0.4, 0.5) is 5.69 Å². The molecule has 1 heterocycles. The van der Waals surface area contributed by atoms with E-state index in [9.17, 15) is 9.59 Å². The minimum Gasteiger partial charge on any atom is -0.483 e. The van der Waals surface area contributed by atoms with Crippen molar-refractivity contribution in [3.8, 4) is 11.8 Å². The molecule has 0 aromatic heterocycles. The predicted octanol–water partition coefficient (Wildman–Crippen LogP) is 2.31. The first-order chi connectivity index (χ1) is 12.1. The molecule has 6 heteroatoms. The summed E-state index contributed by atoms with van der Waals surface area (Å²) in [5.74, 6) is -0.125. The molecule has 2 N–H and O–H groups in total. The average molecular weight is 335 g/mol. The Kier molecular flexibility index (Phi) is 4.66. The van der Waals surface area contributed by atoms with E-state index in [0.29, 0.717) is 22.6 Å². The van der Waals surface area contributed by atoms with Gasteiger partial charge in [-0.05, 0) is 36.2 Å². The third-order valence-corrected chi connectivity index (χ3v) is 4.02. The molecule has 6 nitrogen and oxygen atoms in total. The van der Waals surface area contributed by atoms with E-state index < -0.39 is 6.04 Å². The predicted molar refractivity (Wildman–Crippen MR) is 92.0 cm³/mol. The molecule has 1 unspecified atom stereocenters. The Hall–Kier alpha value is -3.33. The van der Waals surface area contributed by atoms with Crippen LogP contribution in [-0.4, -0.2) is 18.4 Å². The lowest BCUT2D eigenvalue weighted by atomic mass is 10.00. The largest absolute Gasteiger partial charge is 0.483 e. The molecule has 2 aromatic carbocycles. The fourth-order valence-corrected chi connectivity index (χ4v) is 2.75. The summed E-state index contributed by atoms with van der Waals surface area (Å²) < 4.78 is 5.62. The smallest absolute Gasteiger partial charge is 0.258 e. The van der Waals surface area contributed by atoms with Gasteiger partial charge < -0.3 is 15.4 Å². The van der Waals surface area contributed by atoms with Gasteiger partial charge in [0, 0.05) is 11.3 Å². The van der Waals surface area contributed by atoms with Crippen LogP contribution < -0.4 is 15.4 Å². The van der Waals surface area contributed by atoms with Crippen molar-refractivity contribution in [1.82, 2.24) is 5.32 Å². The van der Waals surface area contributed by atoms with E-state index >= 15 is 0 Å². The minimum atomic E-state index is -0.841. The number of carbonyl (C=O) groups excluding carboxylic acids is 2. The van der Waals surface area contributed by atoms with Crippen LogP contribution in [0, 0.1) is 11.3 Å². The monoisotopic (exact) mass is 335 g/mol. The van der Waals surface area contributed by atoms with Crippen molar-refractivity contribution in [2.75, 3.05) is 11.9 Å². The van der Waals surface area contributed by atoms with Crippen LogP contribution in [0.2, 0.25) is 0 Å². The fourth-order valence-electron chi connectivity index (χ4n) is 2.75. The van der Waals surface area contributed by atoms with Crippen molar-refractivity contribution in [1.29, 1.82) is 5.26 Å². The maximum Gasteiger partial charge on any atom is 0.258 e. The molecule has 0 radical (unpaired) electrons. The number of anilines is 1. The van der Waals surface area contributed by atoms with Gasteiger partial charge in [-0.25, -0.2) is 0 Å². The third kappa shape index (κ3) is 3.45. The number of nitrogens with zero attached hydrogens (tertiary/aromatic N) is 1. The van der Waals surface area contributed by atoms with Crippen LogP contribution in [0.5, 0.6) is 5.75 Å². The van der Waals surface area contributed by atoms with Gasteiger partial charge in [0.2, 0.25) is 0 Å². The van der Waals surface area contributed by atoms with Crippen molar-refractivity contribution in [3.05, 3.63) is 59.2 Å². The number of carbonyl (C=O) groups is 2. The maximum atomic E-state index is 12.7. The molecule has 0 aliphatic carbocycles. The van der Waals surface area contributed by atoms with E-state index in [4.69, 9.17) is 10.00 Å². The highest BCUT2D eigenvalue weighted by Gasteiger charge is 2.30. The van der Waals surface area contributed by atoms with E-state index in [2.05, 4.69) is 10.6 Å². The first kappa shape index (κ1) is 16.5. The molecular weight excluding hydrogens is 318 g/mol. The number of nitrogens with one attached hydrogen (secondary N) is 2. The zero-order chi connectivity index (χ0) is 17.8. The highest BCUT2D eigenvalue weighted by Crippen LogP contribution is 2.32. The number of amides is 2. The van der Waals surface area contributed by atoms with Crippen molar-refractivity contribution >= 4 is 17.5 Å². The van der Waals surface area contributed by atoms with E-state index in [1.807, 2.05) is 25.1 Å². The molecule has 0 saturated carbocycles. The van der Waals surface area contributed by atoms with E-state index in [0.717, 1.165) is 12.0 Å². The molecule has 0 saturated heterocycles. The number of fused-ring (bicyclic) bond motifs is 1. The number of para-hydroxylation sites is 1. The van der Waals surface area contributed by atoms with Crippen molar-refractivity contribution in [2.45, 2.75) is 19.4 Å². The zero-order valence-electron chi connectivity index (χ0n) is 13.7.